The fourth-order valence-corrected chi connectivity index (χ4v) is 4.46. The van der Waals surface area contributed by atoms with Gasteiger partial charge in [0.1, 0.15) is 17.4 Å². The number of Topliss-reactive ketones (excluding diaryl/α,β-unsaturated/α-hetero) is 1. The van der Waals surface area contributed by atoms with Crippen molar-refractivity contribution in [1.82, 2.24) is 9.88 Å². The fraction of sp³-hybridized carbons (Fsp3) is 0.280. The fourth-order valence-electron chi connectivity index (χ4n) is 4.46. The number of aromatic nitrogens is 1. The molecule has 0 unspecified atom stereocenters. The standard InChI is InChI=1S/C25H25FN4O3/c1-14-8-18(26)21(11-22(14)32)28-20-4-6-27-25-24(20)23(33)10-16-9-15(2-3-19(16)29-25)12-30-7-5-17(31)13-30/h2-4,6,8-9,11,17,31-32H,5,7,10,12-13H2,1H3,(H2,27,28,29)/t17-/m1/s1. The van der Waals surface area contributed by atoms with E-state index in [9.17, 15) is 19.4 Å². The second-order valence-electron chi connectivity index (χ2n) is 8.72. The smallest absolute Gasteiger partial charge is 0.173 e. The molecule has 170 valence electrons. The van der Waals surface area contributed by atoms with Gasteiger partial charge in [0.25, 0.3) is 0 Å². The summed E-state index contributed by atoms with van der Waals surface area (Å²) in [5, 5.41) is 26.0. The molecule has 0 radical (unpaired) electrons. The van der Waals surface area contributed by atoms with Gasteiger partial charge in [0, 0.05) is 44.0 Å². The van der Waals surface area contributed by atoms with Crippen LogP contribution >= 0.6 is 0 Å². The predicted molar refractivity (Wildman–Crippen MR) is 124 cm³/mol. The van der Waals surface area contributed by atoms with Crippen molar-refractivity contribution in [2.75, 3.05) is 23.7 Å². The molecule has 3 heterocycles. The van der Waals surface area contributed by atoms with Gasteiger partial charge in [-0.1, -0.05) is 12.1 Å². The number of carbonyl (C=O) groups excluding carboxylic acids is 1. The molecule has 2 aromatic carbocycles. The Kier molecular flexibility index (Phi) is 5.47. The van der Waals surface area contributed by atoms with Crippen LogP contribution < -0.4 is 10.6 Å². The summed E-state index contributed by atoms with van der Waals surface area (Å²) in [6, 6.07) is 10.1. The molecule has 1 fully saturated rings. The zero-order valence-electron chi connectivity index (χ0n) is 18.2. The number of hydrogen-bond donors (Lipinski definition) is 4. The minimum Gasteiger partial charge on any atom is -0.508 e. The summed E-state index contributed by atoms with van der Waals surface area (Å²) in [6.45, 7) is 3.84. The third-order valence-electron chi connectivity index (χ3n) is 6.21. The minimum atomic E-state index is -0.523. The summed E-state index contributed by atoms with van der Waals surface area (Å²) in [5.74, 6) is -0.299. The van der Waals surface area contributed by atoms with E-state index in [1.807, 2.05) is 18.2 Å². The number of aliphatic hydroxyl groups is 1. The number of halogens is 1. The van der Waals surface area contributed by atoms with Crippen molar-refractivity contribution >= 4 is 28.7 Å². The first-order valence-corrected chi connectivity index (χ1v) is 10.9. The Labute approximate surface area is 190 Å². The Morgan fingerprint density at radius 2 is 2.09 bits per heavy atom. The maximum absolute atomic E-state index is 14.5. The van der Waals surface area contributed by atoms with Crippen molar-refractivity contribution in [2.24, 2.45) is 0 Å². The van der Waals surface area contributed by atoms with Gasteiger partial charge in [-0.15, -0.1) is 0 Å². The quantitative estimate of drug-likeness (QED) is 0.478. The molecule has 0 amide bonds. The molecule has 2 aliphatic rings. The number of hydrogen-bond acceptors (Lipinski definition) is 7. The van der Waals surface area contributed by atoms with Crippen LogP contribution in [0.4, 0.5) is 27.3 Å². The molecular weight excluding hydrogens is 423 g/mol. The summed E-state index contributed by atoms with van der Waals surface area (Å²) in [4.78, 5) is 19.8. The number of likely N-dealkylation sites (tertiary alicyclic amines) is 1. The SMILES string of the molecule is Cc1cc(F)c(Nc2ccnc3c2C(=O)Cc2cc(CN4CC[C@@H](O)C4)ccc2N3)cc1O. The number of phenols is 1. The summed E-state index contributed by atoms with van der Waals surface area (Å²) < 4.78 is 14.5. The first-order chi connectivity index (χ1) is 15.9. The second-order valence-corrected chi connectivity index (χ2v) is 8.72. The Morgan fingerprint density at radius 1 is 1.24 bits per heavy atom. The van der Waals surface area contributed by atoms with Crippen LogP contribution in [0, 0.1) is 12.7 Å². The Bertz CT molecular complexity index is 1250. The van der Waals surface area contributed by atoms with Crippen molar-refractivity contribution in [1.29, 1.82) is 0 Å². The zero-order chi connectivity index (χ0) is 23.1. The van der Waals surface area contributed by atoms with E-state index >= 15 is 0 Å². The number of aryl methyl sites for hydroxylation is 1. The van der Waals surface area contributed by atoms with Gasteiger partial charge in [-0.2, -0.15) is 0 Å². The van der Waals surface area contributed by atoms with Crippen LogP contribution in [0.2, 0.25) is 0 Å². The van der Waals surface area contributed by atoms with Crippen LogP contribution in [0.15, 0.2) is 42.6 Å². The highest BCUT2D eigenvalue weighted by Crippen LogP contribution is 2.35. The number of carbonyl (C=O) groups is 1. The molecule has 33 heavy (non-hydrogen) atoms. The average molecular weight is 448 g/mol. The van der Waals surface area contributed by atoms with Gasteiger partial charge in [0.05, 0.1) is 23.0 Å². The highest BCUT2D eigenvalue weighted by Gasteiger charge is 2.25. The van der Waals surface area contributed by atoms with Gasteiger partial charge >= 0.3 is 0 Å². The van der Waals surface area contributed by atoms with Crippen LogP contribution in [0.5, 0.6) is 5.75 Å². The van der Waals surface area contributed by atoms with E-state index in [0.29, 0.717) is 35.7 Å². The van der Waals surface area contributed by atoms with Gasteiger partial charge < -0.3 is 20.8 Å². The lowest BCUT2D eigenvalue weighted by Crippen LogP contribution is -2.21. The Balaban J connectivity index is 1.44. The monoisotopic (exact) mass is 448 g/mol. The lowest BCUT2D eigenvalue weighted by Gasteiger charge is -2.16. The van der Waals surface area contributed by atoms with E-state index in [1.54, 1.807) is 19.2 Å². The normalized spacial score (nSPS) is 17.8. The van der Waals surface area contributed by atoms with Crippen molar-refractivity contribution in [2.45, 2.75) is 32.4 Å². The number of fused-ring (bicyclic) bond motifs is 2. The topological polar surface area (TPSA) is 97.7 Å². The van der Waals surface area contributed by atoms with Gasteiger partial charge in [-0.05, 0) is 48.2 Å². The molecule has 2 aliphatic heterocycles. The molecule has 1 aromatic heterocycles. The molecule has 0 aliphatic carbocycles. The number of phenolic OH excluding ortho intramolecular Hbond substituents is 1. The molecule has 5 rings (SSSR count). The maximum Gasteiger partial charge on any atom is 0.173 e. The van der Waals surface area contributed by atoms with Crippen LogP contribution in [-0.4, -0.2) is 45.1 Å². The number of aliphatic hydroxyl groups excluding tert-OH is 1. The summed E-state index contributed by atoms with van der Waals surface area (Å²) >= 11 is 0. The molecule has 0 bridgehead atoms. The van der Waals surface area contributed by atoms with E-state index in [-0.39, 0.29) is 29.7 Å². The number of β-amino-alcohol motifs (C(OH)–C–C–N with tert-alkyl or cyclic N) is 1. The first-order valence-electron chi connectivity index (χ1n) is 10.9. The molecule has 1 saturated heterocycles. The third-order valence-corrected chi connectivity index (χ3v) is 6.21. The zero-order valence-corrected chi connectivity index (χ0v) is 18.2. The third kappa shape index (κ3) is 4.27. The lowest BCUT2D eigenvalue weighted by molar-refractivity contribution is 0.0995. The average Bonchev–Trinajstić information content (AvgIpc) is 3.11. The molecule has 4 N–H and O–H groups in total. The predicted octanol–water partition coefficient (Wildman–Crippen LogP) is 4.03. The molecule has 0 saturated carbocycles. The number of rotatable bonds is 4. The van der Waals surface area contributed by atoms with Crippen LogP contribution in [-0.2, 0) is 13.0 Å². The van der Waals surface area contributed by atoms with Crippen molar-refractivity contribution in [3.05, 3.63) is 70.7 Å². The van der Waals surface area contributed by atoms with Crippen molar-refractivity contribution < 1.29 is 19.4 Å². The maximum atomic E-state index is 14.5. The number of anilines is 4. The largest absolute Gasteiger partial charge is 0.508 e. The number of ketones is 1. The molecule has 8 heteroatoms. The molecule has 7 nitrogen and oxygen atoms in total. The van der Waals surface area contributed by atoms with Crippen LogP contribution in [0.25, 0.3) is 0 Å². The van der Waals surface area contributed by atoms with Gasteiger partial charge in [-0.25, -0.2) is 9.37 Å². The Hall–Kier alpha value is -3.49. The summed E-state index contributed by atoms with van der Waals surface area (Å²) in [6.07, 6.45) is 2.22. The van der Waals surface area contributed by atoms with Gasteiger partial charge in [0.15, 0.2) is 5.78 Å². The highest BCUT2D eigenvalue weighted by atomic mass is 19.1. The molecule has 3 aromatic rings. The van der Waals surface area contributed by atoms with E-state index in [0.717, 1.165) is 29.8 Å². The Morgan fingerprint density at radius 3 is 2.88 bits per heavy atom. The van der Waals surface area contributed by atoms with Crippen LogP contribution in [0.3, 0.4) is 0 Å². The second kappa shape index (κ2) is 8.46. The van der Waals surface area contributed by atoms with Gasteiger partial charge in [0.2, 0.25) is 0 Å². The molecular formula is C25H25FN4O3. The first kappa shape index (κ1) is 21.4. The minimum absolute atomic E-state index is 0.0334. The number of nitrogens with one attached hydrogen (secondary N) is 2. The highest BCUT2D eigenvalue weighted by molar-refractivity contribution is 6.09. The van der Waals surface area contributed by atoms with Gasteiger partial charge in [-0.3, -0.25) is 9.69 Å². The van der Waals surface area contributed by atoms with Crippen LogP contribution in [0.1, 0.15) is 33.5 Å². The summed E-state index contributed by atoms with van der Waals surface area (Å²) in [5.41, 5.74) is 4.01. The number of pyridine rings is 1. The van der Waals surface area contributed by atoms with E-state index < -0.39 is 5.82 Å². The lowest BCUT2D eigenvalue weighted by atomic mass is 10.0. The number of nitrogens with zero attached hydrogens (tertiary/aromatic N) is 2. The molecule has 0 spiro atoms. The van der Waals surface area contributed by atoms with E-state index in [2.05, 4.69) is 20.5 Å². The van der Waals surface area contributed by atoms with E-state index in [4.69, 9.17) is 0 Å². The summed E-state index contributed by atoms with van der Waals surface area (Å²) in [7, 11) is 0. The number of aromatic hydroxyl groups is 1. The van der Waals surface area contributed by atoms with Crippen molar-refractivity contribution in [3.8, 4) is 5.75 Å². The molecule has 1 atom stereocenters. The van der Waals surface area contributed by atoms with Crippen molar-refractivity contribution in [3.63, 3.8) is 0 Å². The van der Waals surface area contributed by atoms with E-state index in [1.165, 1.54) is 12.1 Å². The number of benzene rings is 2.